The number of nitrogens with zero attached hydrogens (tertiary/aromatic N) is 3. The molecule has 0 N–H and O–H groups in total. The van der Waals surface area contributed by atoms with Crippen LogP contribution in [0.25, 0.3) is 10.4 Å². The Morgan fingerprint density at radius 2 is 2.60 bits per heavy atom. The molecule has 5 heteroatoms. The molecule has 1 amide bonds. The molecule has 10 heavy (non-hydrogen) atoms. The minimum absolute atomic E-state index is 0.0747. The maximum absolute atomic E-state index is 10.7. The fourth-order valence-electron chi connectivity index (χ4n) is 0.490. The van der Waals surface area contributed by atoms with Crippen molar-refractivity contribution in [3.05, 3.63) is 32.0 Å². The standard InChI is InChI=1S/C5H3N3OSe/c6-8-7-5(9)4-2-1-3-10-4/h1-3H. The van der Waals surface area contributed by atoms with Crippen molar-refractivity contribution < 1.29 is 4.79 Å². The van der Waals surface area contributed by atoms with E-state index in [4.69, 9.17) is 5.53 Å². The van der Waals surface area contributed by atoms with Crippen LogP contribution in [0, 0.1) is 0 Å². The van der Waals surface area contributed by atoms with Gasteiger partial charge < -0.3 is 0 Å². The molecule has 0 radical (unpaired) electrons. The van der Waals surface area contributed by atoms with Gasteiger partial charge in [-0.25, -0.2) is 0 Å². The predicted octanol–water partition coefficient (Wildman–Crippen LogP) is 1.19. The third kappa shape index (κ3) is 1.48. The van der Waals surface area contributed by atoms with E-state index >= 15 is 0 Å². The summed E-state index contributed by atoms with van der Waals surface area (Å²) in [5.74, 6) is -0.451. The Hall–Kier alpha value is -1.02. The topological polar surface area (TPSA) is 65.8 Å². The third-order valence-corrected chi connectivity index (χ3v) is 2.67. The van der Waals surface area contributed by atoms with Crippen LogP contribution >= 0.6 is 0 Å². The van der Waals surface area contributed by atoms with E-state index in [2.05, 4.69) is 10.0 Å². The number of hydrogen-bond acceptors (Lipinski definition) is 1. The number of carbonyl (C=O) groups is 1. The van der Waals surface area contributed by atoms with Gasteiger partial charge in [0, 0.05) is 0 Å². The molecule has 0 saturated heterocycles. The molecule has 1 rings (SSSR count). The first-order chi connectivity index (χ1) is 4.84. The molecule has 0 aliphatic heterocycles. The zero-order chi connectivity index (χ0) is 7.40. The maximum atomic E-state index is 10.7. The summed E-state index contributed by atoms with van der Waals surface area (Å²) in [4.78, 5) is 15.0. The van der Waals surface area contributed by atoms with Crippen molar-refractivity contribution in [3.63, 3.8) is 0 Å². The van der Waals surface area contributed by atoms with E-state index in [-0.39, 0.29) is 14.5 Å². The molecule has 0 saturated carbocycles. The van der Waals surface area contributed by atoms with Gasteiger partial charge in [-0.2, -0.15) is 0 Å². The molecule has 0 unspecified atom stereocenters. The molecule has 0 fully saturated rings. The van der Waals surface area contributed by atoms with Crippen molar-refractivity contribution in [3.8, 4) is 0 Å². The molecular formula is C5H3N3OSe. The van der Waals surface area contributed by atoms with Crippen LogP contribution in [0.3, 0.4) is 0 Å². The molecule has 50 valence electrons. The molecule has 0 atom stereocenters. The van der Waals surface area contributed by atoms with E-state index < -0.39 is 5.91 Å². The van der Waals surface area contributed by atoms with E-state index in [1.165, 1.54) is 0 Å². The molecule has 0 aliphatic rings. The van der Waals surface area contributed by atoms with Crippen LogP contribution in [0.1, 0.15) is 9.23 Å². The van der Waals surface area contributed by atoms with Gasteiger partial charge >= 0.3 is 62.3 Å². The zero-order valence-electron chi connectivity index (χ0n) is 4.89. The average molecular weight is 200 g/mol. The Balaban J connectivity index is 2.87. The van der Waals surface area contributed by atoms with Crippen LogP contribution in [-0.4, -0.2) is 20.4 Å². The molecule has 0 bridgehead atoms. The predicted molar refractivity (Wildman–Crippen MR) is 36.9 cm³/mol. The summed E-state index contributed by atoms with van der Waals surface area (Å²) in [7, 11) is 0. The molecule has 1 heterocycles. The van der Waals surface area contributed by atoms with Crippen LogP contribution in [0.5, 0.6) is 0 Å². The quantitative estimate of drug-likeness (QED) is 0.290. The number of carbonyl (C=O) groups excluding carboxylic acids is 1. The molecule has 4 nitrogen and oxygen atoms in total. The monoisotopic (exact) mass is 201 g/mol. The summed E-state index contributed by atoms with van der Waals surface area (Å²) in [6, 6.07) is 3.47. The Morgan fingerprint density at radius 3 is 3.10 bits per heavy atom. The van der Waals surface area contributed by atoms with Gasteiger partial charge in [0.2, 0.25) is 0 Å². The SMILES string of the molecule is [N-]=[N+]=NC(=O)c1ccc[se]1. The zero-order valence-corrected chi connectivity index (χ0v) is 6.60. The van der Waals surface area contributed by atoms with E-state index in [0.717, 1.165) is 0 Å². The first-order valence-electron chi connectivity index (χ1n) is 2.47. The molecule has 1 aromatic heterocycles. The third-order valence-electron chi connectivity index (χ3n) is 0.868. The molecule has 0 spiro atoms. The van der Waals surface area contributed by atoms with Crippen molar-refractivity contribution in [1.82, 2.24) is 0 Å². The van der Waals surface area contributed by atoms with Gasteiger partial charge in [0.1, 0.15) is 0 Å². The van der Waals surface area contributed by atoms with Crippen molar-refractivity contribution in [1.29, 1.82) is 0 Å². The van der Waals surface area contributed by atoms with Crippen molar-refractivity contribution in [2.75, 3.05) is 0 Å². The molecule has 0 aliphatic carbocycles. The Bertz CT molecular complexity index is 273. The van der Waals surface area contributed by atoms with Gasteiger partial charge in [-0.3, -0.25) is 0 Å². The van der Waals surface area contributed by atoms with Crippen LogP contribution in [0.2, 0.25) is 0 Å². The Kier molecular flexibility index (Phi) is 2.29. The number of hydrogen-bond donors (Lipinski definition) is 0. The van der Waals surface area contributed by atoms with Gasteiger partial charge in [0.05, 0.1) is 0 Å². The van der Waals surface area contributed by atoms with E-state index in [0.29, 0.717) is 4.44 Å². The van der Waals surface area contributed by atoms with Gasteiger partial charge in [-0.15, -0.1) is 0 Å². The van der Waals surface area contributed by atoms with Crippen molar-refractivity contribution in [2.45, 2.75) is 0 Å². The van der Waals surface area contributed by atoms with Crippen LogP contribution in [0.15, 0.2) is 22.2 Å². The number of rotatable bonds is 1. The first-order valence-corrected chi connectivity index (χ1v) is 4.32. The fourth-order valence-corrected chi connectivity index (χ4v) is 1.75. The second kappa shape index (κ2) is 3.22. The van der Waals surface area contributed by atoms with Gasteiger partial charge in [-0.05, 0) is 0 Å². The molecule has 0 aromatic carbocycles. The summed E-state index contributed by atoms with van der Waals surface area (Å²) in [5, 5.41) is 2.96. The average Bonchev–Trinajstić information content (AvgIpc) is 2.38. The van der Waals surface area contributed by atoms with Crippen molar-refractivity contribution >= 4 is 20.4 Å². The summed E-state index contributed by atoms with van der Waals surface area (Å²) in [6.07, 6.45) is 0. The minimum atomic E-state index is -0.451. The fraction of sp³-hybridized carbons (Fsp3) is 0. The number of azide groups is 1. The van der Waals surface area contributed by atoms with E-state index in [1.807, 2.05) is 4.94 Å². The summed E-state index contributed by atoms with van der Waals surface area (Å²) >= 11 is 0.0747. The summed E-state index contributed by atoms with van der Waals surface area (Å²) < 4.78 is 0.616. The summed E-state index contributed by atoms with van der Waals surface area (Å²) in [5.41, 5.74) is 7.89. The van der Waals surface area contributed by atoms with Crippen LogP contribution in [0.4, 0.5) is 0 Å². The van der Waals surface area contributed by atoms with E-state index in [9.17, 15) is 4.79 Å². The first kappa shape index (κ1) is 7.09. The van der Waals surface area contributed by atoms with Crippen LogP contribution < -0.4 is 0 Å². The molecular weight excluding hydrogens is 197 g/mol. The second-order valence-corrected chi connectivity index (χ2v) is 3.46. The normalized spacial score (nSPS) is 8.40. The van der Waals surface area contributed by atoms with Gasteiger partial charge in [0.25, 0.3) is 0 Å². The molecule has 1 aromatic rings. The van der Waals surface area contributed by atoms with Gasteiger partial charge in [-0.1, -0.05) is 0 Å². The Labute approximate surface area is 62.8 Å². The summed E-state index contributed by atoms with van der Waals surface area (Å²) in [6.45, 7) is 0. The Morgan fingerprint density at radius 1 is 1.80 bits per heavy atom. The van der Waals surface area contributed by atoms with Crippen LogP contribution in [-0.2, 0) is 0 Å². The van der Waals surface area contributed by atoms with E-state index in [1.54, 1.807) is 12.1 Å². The second-order valence-electron chi connectivity index (χ2n) is 1.47. The van der Waals surface area contributed by atoms with Gasteiger partial charge in [0.15, 0.2) is 0 Å². The van der Waals surface area contributed by atoms with Crippen molar-refractivity contribution in [2.24, 2.45) is 5.11 Å². The number of amides is 1.